The van der Waals surface area contributed by atoms with Crippen LogP contribution in [0.2, 0.25) is 0 Å². The predicted octanol–water partition coefficient (Wildman–Crippen LogP) is 0.865. The van der Waals surface area contributed by atoms with Gasteiger partial charge in [0.05, 0.1) is 24.5 Å². The van der Waals surface area contributed by atoms with Crippen molar-refractivity contribution in [3.8, 4) is 5.75 Å². The van der Waals surface area contributed by atoms with E-state index in [0.717, 1.165) is 44.2 Å². The first-order valence-corrected chi connectivity index (χ1v) is 8.99. The van der Waals surface area contributed by atoms with Gasteiger partial charge in [-0.05, 0) is 37.9 Å². The van der Waals surface area contributed by atoms with Crippen LogP contribution in [0.4, 0.5) is 0 Å². The Labute approximate surface area is 154 Å². The Morgan fingerprint density at radius 2 is 2.00 bits per heavy atom. The number of nitrogens with zero attached hydrogens (tertiary/aromatic N) is 4. The number of aromatic nitrogens is 2. The molecule has 2 N–H and O–H groups in total. The molecule has 0 amide bonds. The van der Waals surface area contributed by atoms with Gasteiger partial charge < -0.3 is 19.8 Å². The third kappa shape index (κ3) is 4.82. The Hall–Kier alpha value is -1.93. The van der Waals surface area contributed by atoms with Gasteiger partial charge in [-0.25, -0.2) is 0 Å². The van der Waals surface area contributed by atoms with E-state index in [1.54, 1.807) is 0 Å². The maximum Gasteiger partial charge on any atom is 0.121 e. The highest BCUT2D eigenvalue weighted by Gasteiger charge is 2.20. The maximum absolute atomic E-state index is 9.74. The molecule has 2 aromatic rings. The van der Waals surface area contributed by atoms with E-state index in [4.69, 9.17) is 9.84 Å². The van der Waals surface area contributed by atoms with Crippen LogP contribution in [0, 0.1) is 0 Å². The lowest BCUT2D eigenvalue weighted by molar-refractivity contribution is 0.0915. The molecule has 1 aliphatic rings. The summed E-state index contributed by atoms with van der Waals surface area (Å²) in [5.74, 6) is 0.898. The smallest absolute Gasteiger partial charge is 0.121 e. The highest BCUT2D eigenvalue weighted by molar-refractivity contribution is 5.27. The lowest BCUT2D eigenvalue weighted by Gasteiger charge is -2.27. The molecule has 1 aliphatic heterocycles. The summed E-state index contributed by atoms with van der Waals surface area (Å²) in [5, 5.41) is 23.2. The van der Waals surface area contributed by atoms with Crippen LogP contribution in [-0.4, -0.2) is 70.2 Å². The zero-order chi connectivity index (χ0) is 18.5. The number of hydrogen-bond acceptors (Lipinski definition) is 6. The molecule has 7 nitrogen and oxygen atoms in total. The molecule has 26 heavy (non-hydrogen) atoms. The molecular formula is C19H28N4O3. The fourth-order valence-corrected chi connectivity index (χ4v) is 3.03. The van der Waals surface area contributed by atoms with Gasteiger partial charge in [0.2, 0.25) is 0 Å². The molecule has 0 fully saturated rings. The van der Waals surface area contributed by atoms with E-state index < -0.39 is 6.10 Å². The van der Waals surface area contributed by atoms with E-state index in [0.29, 0.717) is 12.3 Å². The average molecular weight is 360 g/mol. The van der Waals surface area contributed by atoms with Gasteiger partial charge in [0.1, 0.15) is 18.5 Å². The largest absolute Gasteiger partial charge is 0.492 e. The summed E-state index contributed by atoms with van der Waals surface area (Å²) in [4.78, 5) is 4.45. The summed E-state index contributed by atoms with van der Waals surface area (Å²) in [5.41, 5.74) is 2.86. The van der Waals surface area contributed by atoms with Gasteiger partial charge in [-0.2, -0.15) is 5.10 Å². The van der Waals surface area contributed by atoms with E-state index in [1.165, 1.54) is 5.56 Å². The lowest BCUT2D eigenvalue weighted by atomic mass is 10.2. The minimum Gasteiger partial charge on any atom is -0.492 e. The van der Waals surface area contributed by atoms with Crippen molar-refractivity contribution in [2.75, 3.05) is 40.4 Å². The van der Waals surface area contributed by atoms with E-state index in [-0.39, 0.29) is 6.61 Å². The zero-order valence-electron chi connectivity index (χ0n) is 15.5. The van der Waals surface area contributed by atoms with Crippen LogP contribution in [0.3, 0.4) is 0 Å². The number of likely N-dealkylation sites (N-methyl/N-ethyl adjacent to an activating group) is 1. The van der Waals surface area contributed by atoms with Crippen molar-refractivity contribution < 1.29 is 14.9 Å². The Kier molecular flexibility index (Phi) is 6.26. The molecule has 0 bridgehead atoms. The van der Waals surface area contributed by atoms with E-state index >= 15 is 0 Å². The Balaban J connectivity index is 1.54. The van der Waals surface area contributed by atoms with Gasteiger partial charge in [0.25, 0.3) is 0 Å². The monoisotopic (exact) mass is 360 g/mol. The van der Waals surface area contributed by atoms with Crippen molar-refractivity contribution >= 4 is 0 Å². The Morgan fingerprint density at radius 3 is 2.69 bits per heavy atom. The summed E-state index contributed by atoms with van der Waals surface area (Å²) in [6.45, 7) is 4.63. The van der Waals surface area contributed by atoms with E-state index in [2.05, 4.69) is 27.0 Å². The molecule has 0 radical (unpaired) electrons. The summed E-state index contributed by atoms with van der Waals surface area (Å²) in [6, 6.07) is 10.1. The molecule has 1 aromatic carbocycles. The van der Waals surface area contributed by atoms with Gasteiger partial charge in [-0.15, -0.1) is 0 Å². The molecule has 7 heteroatoms. The molecule has 142 valence electrons. The molecule has 0 saturated heterocycles. The van der Waals surface area contributed by atoms with Crippen LogP contribution < -0.4 is 4.74 Å². The number of ether oxygens (including phenoxy) is 1. The number of rotatable bonds is 8. The second kappa shape index (κ2) is 8.64. The standard InChI is InChI=1S/C19H28N4O3/c1-21(2)9-10-26-17-5-3-15(4-6-17)12-22-7-8-23-16(13-22)11-18(20-23)19(25)14-24/h3-6,11,19,24-25H,7-10,12-14H2,1-2H3/t19-/m0/s1. The third-order valence-electron chi connectivity index (χ3n) is 4.55. The first-order valence-electron chi connectivity index (χ1n) is 8.99. The highest BCUT2D eigenvalue weighted by atomic mass is 16.5. The van der Waals surface area contributed by atoms with Crippen molar-refractivity contribution in [2.24, 2.45) is 0 Å². The van der Waals surface area contributed by atoms with Gasteiger partial charge in [-0.3, -0.25) is 9.58 Å². The minimum atomic E-state index is -0.901. The molecule has 0 saturated carbocycles. The number of hydrogen-bond donors (Lipinski definition) is 2. The fraction of sp³-hybridized carbons (Fsp3) is 0.526. The van der Waals surface area contributed by atoms with Crippen LogP contribution in [-0.2, 0) is 19.6 Å². The normalized spacial score (nSPS) is 15.9. The number of benzene rings is 1. The molecule has 0 aliphatic carbocycles. The Morgan fingerprint density at radius 1 is 1.23 bits per heavy atom. The topological polar surface area (TPSA) is 74.0 Å². The third-order valence-corrected chi connectivity index (χ3v) is 4.55. The molecular weight excluding hydrogens is 332 g/mol. The van der Waals surface area contributed by atoms with Crippen LogP contribution in [0.1, 0.15) is 23.1 Å². The summed E-state index contributed by atoms with van der Waals surface area (Å²) >= 11 is 0. The molecule has 3 rings (SSSR count). The van der Waals surface area contributed by atoms with Crippen LogP contribution in [0.5, 0.6) is 5.75 Å². The molecule has 2 heterocycles. The van der Waals surface area contributed by atoms with Crippen LogP contribution >= 0.6 is 0 Å². The number of fused-ring (bicyclic) bond motifs is 1. The minimum absolute atomic E-state index is 0.302. The Bertz CT molecular complexity index is 699. The first kappa shape index (κ1) is 18.8. The van der Waals surface area contributed by atoms with Crippen LogP contribution in [0.15, 0.2) is 30.3 Å². The second-order valence-electron chi connectivity index (χ2n) is 6.99. The van der Waals surface area contributed by atoms with E-state index in [1.807, 2.05) is 37.0 Å². The fourth-order valence-electron chi connectivity index (χ4n) is 3.03. The van der Waals surface area contributed by atoms with Gasteiger partial charge in [-0.1, -0.05) is 12.1 Å². The van der Waals surface area contributed by atoms with Crippen molar-refractivity contribution in [1.29, 1.82) is 0 Å². The summed E-state index contributed by atoms with van der Waals surface area (Å²) < 4.78 is 7.66. The van der Waals surface area contributed by atoms with E-state index in [9.17, 15) is 5.11 Å². The summed E-state index contributed by atoms with van der Waals surface area (Å²) in [7, 11) is 4.06. The molecule has 1 aromatic heterocycles. The average Bonchev–Trinajstić information content (AvgIpc) is 3.05. The van der Waals surface area contributed by atoms with Crippen molar-refractivity contribution in [1.82, 2.24) is 19.6 Å². The molecule has 1 atom stereocenters. The van der Waals surface area contributed by atoms with Crippen LogP contribution in [0.25, 0.3) is 0 Å². The molecule has 0 unspecified atom stereocenters. The van der Waals surface area contributed by atoms with Crippen molar-refractivity contribution in [3.05, 3.63) is 47.3 Å². The van der Waals surface area contributed by atoms with Gasteiger partial charge >= 0.3 is 0 Å². The van der Waals surface area contributed by atoms with Crippen molar-refractivity contribution in [2.45, 2.75) is 25.7 Å². The second-order valence-corrected chi connectivity index (χ2v) is 6.99. The van der Waals surface area contributed by atoms with Crippen molar-refractivity contribution in [3.63, 3.8) is 0 Å². The van der Waals surface area contributed by atoms with Gasteiger partial charge in [0, 0.05) is 26.2 Å². The zero-order valence-corrected chi connectivity index (χ0v) is 15.5. The number of aliphatic hydroxyl groups excluding tert-OH is 2. The van der Waals surface area contributed by atoms with Gasteiger partial charge in [0.15, 0.2) is 0 Å². The first-order chi connectivity index (χ1) is 12.5. The predicted molar refractivity (Wildman–Crippen MR) is 98.9 cm³/mol. The molecule has 0 spiro atoms. The summed E-state index contributed by atoms with van der Waals surface area (Å²) in [6.07, 6.45) is -0.901. The SMILES string of the molecule is CN(C)CCOc1ccc(CN2CCn3nc([C@@H](O)CO)cc3C2)cc1. The highest BCUT2D eigenvalue weighted by Crippen LogP contribution is 2.20. The maximum atomic E-state index is 9.74. The number of aliphatic hydroxyl groups is 2. The lowest BCUT2D eigenvalue weighted by Crippen LogP contribution is -2.33. The quantitative estimate of drug-likeness (QED) is 0.728.